The highest BCUT2D eigenvalue weighted by atomic mass is 19.1. The van der Waals surface area contributed by atoms with E-state index in [4.69, 9.17) is 4.74 Å². The number of carbonyl (C=O) groups is 1. The molecule has 3 aromatic rings. The number of rotatable bonds is 8. The van der Waals surface area contributed by atoms with Gasteiger partial charge in [0.1, 0.15) is 24.9 Å². The maximum absolute atomic E-state index is 13.8. The van der Waals surface area contributed by atoms with Crippen LogP contribution in [-0.4, -0.2) is 52.5 Å². The lowest BCUT2D eigenvalue weighted by Gasteiger charge is -2.36. The summed E-state index contributed by atoms with van der Waals surface area (Å²) in [5, 5.41) is 3.25. The molecule has 0 saturated carbocycles. The standard InChI is InChI=1S/C23H26F2N4O2/c1-2-26-11-21-13-27(23(30)15-31-21)16-29-22(18-6-4-8-20(25)10-18)14-28(29)12-17-5-3-7-19(24)9-17/h3-10,14,21,26H,2,11-13,15-16H2,1H3. The van der Waals surface area contributed by atoms with Crippen LogP contribution in [0, 0.1) is 11.6 Å². The lowest BCUT2D eigenvalue weighted by Crippen LogP contribution is -2.51. The van der Waals surface area contributed by atoms with Gasteiger partial charge in [-0.25, -0.2) is 8.78 Å². The fraction of sp³-hybridized carbons (Fsp3) is 0.348. The van der Waals surface area contributed by atoms with Gasteiger partial charge in [-0.2, -0.15) is 0 Å². The van der Waals surface area contributed by atoms with E-state index in [-0.39, 0.29) is 30.3 Å². The SMILES string of the molecule is CCNCC1CN(Cn2c(-c3cccc(F)c3)cn2Cc2cccc(F)c2)C(=O)CO1. The predicted octanol–water partition coefficient (Wildman–Crippen LogP) is 3.08. The molecule has 1 fully saturated rings. The number of amides is 1. The number of halogens is 2. The Morgan fingerprint density at radius 1 is 1.13 bits per heavy atom. The fourth-order valence-corrected chi connectivity index (χ4v) is 3.75. The quantitative estimate of drug-likeness (QED) is 0.600. The van der Waals surface area contributed by atoms with Gasteiger partial charge in [-0.3, -0.25) is 14.2 Å². The Labute approximate surface area is 180 Å². The molecule has 1 aliphatic rings. The number of hydrogen-bond donors (Lipinski definition) is 1. The van der Waals surface area contributed by atoms with Crippen molar-refractivity contribution in [2.75, 3.05) is 26.2 Å². The van der Waals surface area contributed by atoms with Crippen molar-refractivity contribution in [3.63, 3.8) is 0 Å². The lowest BCUT2D eigenvalue weighted by molar-refractivity contribution is -0.151. The number of hydrogen-bond acceptors (Lipinski definition) is 3. The molecule has 1 aliphatic heterocycles. The molecule has 4 rings (SSSR count). The second-order valence-electron chi connectivity index (χ2n) is 7.65. The van der Waals surface area contributed by atoms with Gasteiger partial charge in [0.25, 0.3) is 0 Å². The van der Waals surface area contributed by atoms with Gasteiger partial charge < -0.3 is 15.0 Å². The third-order valence-corrected chi connectivity index (χ3v) is 5.36. The first-order chi connectivity index (χ1) is 15.0. The number of carbonyl (C=O) groups excluding carboxylic acids is 1. The Balaban J connectivity index is 1.59. The van der Waals surface area contributed by atoms with Crippen LogP contribution in [0.5, 0.6) is 0 Å². The summed E-state index contributed by atoms with van der Waals surface area (Å²) in [4.78, 5) is 14.2. The zero-order chi connectivity index (χ0) is 21.8. The molecule has 0 spiro atoms. The van der Waals surface area contributed by atoms with Gasteiger partial charge in [-0.15, -0.1) is 0 Å². The molecule has 1 unspecified atom stereocenters. The van der Waals surface area contributed by atoms with Crippen LogP contribution in [0.25, 0.3) is 11.3 Å². The minimum Gasteiger partial charge on any atom is -0.365 e. The van der Waals surface area contributed by atoms with Gasteiger partial charge in [-0.05, 0) is 36.4 Å². The van der Waals surface area contributed by atoms with E-state index >= 15 is 0 Å². The third kappa shape index (κ3) is 5.03. The molecule has 1 saturated heterocycles. The molecule has 31 heavy (non-hydrogen) atoms. The van der Waals surface area contributed by atoms with Crippen LogP contribution < -0.4 is 5.32 Å². The van der Waals surface area contributed by atoms with Crippen molar-refractivity contribution in [1.82, 2.24) is 19.6 Å². The van der Waals surface area contributed by atoms with Crippen LogP contribution in [0.4, 0.5) is 8.78 Å². The Morgan fingerprint density at radius 2 is 1.90 bits per heavy atom. The molecule has 2 aromatic carbocycles. The Morgan fingerprint density at radius 3 is 2.65 bits per heavy atom. The van der Waals surface area contributed by atoms with Crippen molar-refractivity contribution in [1.29, 1.82) is 0 Å². The first-order valence-electron chi connectivity index (χ1n) is 10.4. The normalized spacial score (nSPS) is 16.8. The van der Waals surface area contributed by atoms with E-state index in [0.29, 0.717) is 26.3 Å². The van der Waals surface area contributed by atoms with Crippen LogP contribution in [0.1, 0.15) is 12.5 Å². The molecule has 8 heteroatoms. The van der Waals surface area contributed by atoms with Crippen LogP contribution in [0.15, 0.2) is 54.7 Å². The van der Waals surface area contributed by atoms with Crippen molar-refractivity contribution in [2.24, 2.45) is 0 Å². The topological polar surface area (TPSA) is 51.4 Å². The molecular weight excluding hydrogens is 402 g/mol. The summed E-state index contributed by atoms with van der Waals surface area (Å²) >= 11 is 0. The van der Waals surface area contributed by atoms with Crippen molar-refractivity contribution >= 4 is 5.91 Å². The van der Waals surface area contributed by atoms with Gasteiger partial charge in [-0.1, -0.05) is 31.2 Å². The summed E-state index contributed by atoms with van der Waals surface area (Å²) in [5.41, 5.74) is 2.33. The van der Waals surface area contributed by atoms with E-state index < -0.39 is 0 Å². The zero-order valence-corrected chi connectivity index (χ0v) is 17.4. The summed E-state index contributed by atoms with van der Waals surface area (Å²) in [5.74, 6) is -0.715. The molecule has 1 amide bonds. The van der Waals surface area contributed by atoms with E-state index in [0.717, 1.165) is 23.4 Å². The molecular formula is C23H26F2N4O2. The summed E-state index contributed by atoms with van der Waals surface area (Å²) < 4.78 is 36.9. The zero-order valence-electron chi connectivity index (χ0n) is 17.4. The average molecular weight is 428 g/mol. The smallest absolute Gasteiger partial charge is 0.250 e. The Bertz CT molecular complexity index is 1050. The lowest BCUT2D eigenvalue weighted by atomic mass is 10.1. The van der Waals surface area contributed by atoms with Crippen molar-refractivity contribution < 1.29 is 18.3 Å². The fourth-order valence-electron chi connectivity index (χ4n) is 3.75. The second kappa shape index (κ2) is 9.45. The van der Waals surface area contributed by atoms with Gasteiger partial charge in [0.2, 0.25) is 5.91 Å². The highest BCUT2D eigenvalue weighted by Gasteiger charge is 2.28. The van der Waals surface area contributed by atoms with E-state index in [1.165, 1.54) is 24.3 Å². The molecule has 164 valence electrons. The minimum absolute atomic E-state index is 0.0345. The molecule has 0 radical (unpaired) electrons. The van der Waals surface area contributed by atoms with Gasteiger partial charge in [0.05, 0.1) is 24.9 Å². The number of nitrogens with one attached hydrogen (secondary N) is 1. The Hall–Kier alpha value is -2.97. The van der Waals surface area contributed by atoms with E-state index in [9.17, 15) is 13.6 Å². The molecule has 6 nitrogen and oxygen atoms in total. The number of nitrogens with zero attached hydrogens (tertiary/aromatic N) is 3. The number of ether oxygens (including phenoxy) is 1. The van der Waals surface area contributed by atoms with Crippen LogP contribution in [0.3, 0.4) is 0 Å². The molecule has 1 atom stereocenters. The maximum Gasteiger partial charge on any atom is 0.250 e. The first-order valence-corrected chi connectivity index (χ1v) is 10.4. The van der Waals surface area contributed by atoms with Gasteiger partial charge >= 0.3 is 0 Å². The van der Waals surface area contributed by atoms with E-state index in [1.807, 2.05) is 34.6 Å². The number of aromatic nitrogens is 2. The maximum atomic E-state index is 13.8. The Kier molecular flexibility index (Phi) is 6.48. The molecule has 1 N–H and O–H groups in total. The highest BCUT2D eigenvalue weighted by molar-refractivity contribution is 5.78. The average Bonchev–Trinajstić information content (AvgIpc) is 2.75. The molecule has 0 bridgehead atoms. The summed E-state index contributed by atoms with van der Waals surface area (Å²) in [6, 6.07) is 12.8. The van der Waals surface area contributed by atoms with Crippen LogP contribution in [0.2, 0.25) is 0 Å². The van der Waals surface area contributed by atoms with Crippen molar-refractivity contribution in [3.05, 3.63) is 71.9 Å². The van der Waals surface area contributed by atoms with Gasteiger partial charge in [0, 0.05) is 18.3 Å². The molecule has 0 aliphatic carbocycles. The largest absolute Gasteiger partial charge is 0.365 e. The predicted molar refractivity (Wildman–Crippen MR) is 113 cm³/mol. The van der Waals surface area contributed by atoms with Gasteiger partial charge in [0.15, 0.2) is 0 Å². The minimum atomic E-state index is -0.324. The summed E-state index contributed by atoms with van der Waals surface area (Å²) in [7, 11) is 0. The monoisotopic (exact) mass is 428 g/mol. The number of morpholine rings is 1. The molecule has 1 aromatic heterocycles. The van der Waals surface area contributed by atoms with Crippen LogP contribution in [-0.2, 0) is 22.7 Å². The number of benzene rings is 2. The van der Waals surface area contributed by atoms with E-state index in [2.05, 4.69) is 5.32 Å². The van der Waals surface area contributed by atoms with Crippen molar-refractivity contribution in [2.45, 2.75) is 26.2 Å². The summed E-state index contributed by atoms with van der Waals surface area (Å²) in [6.45, 7) is 4.76. The highest BCUT2D eigenvalue weighted by Crippen LogP contribution is 2.25. The van der Waals surface area contributed by atoms with Crippen molar-refractivity contribution in [3.8, 4) is 11.3 Å². The molecule has 2 heterocycles. The first kappa shape index (κ1) is 21.3. The number of likely N-dealkylation sites (N-methyl/N-ethyl adjacent to an activating group) is 1. The summed E-state index contributed by atoms with van der Waals surface area (Å²) in [6.07, 6.45) is 1.80. The third-order valence-electron chi connectivity index (χ3n) is 5.36. The van der Waals surface area contributed by atoms with E-state index in [1.54, 1.807) is 17.0 Å². The van der Waals surface area contributed by atoms with Crippen LogP contribution >= 0.6 is 0 Å². The second-order valence-corrected chi connectivity index (χ2v) is 7.65.